The van der Waals surface area contributed by atoms with Gasteiger partial charge >= 0.3 is 0 Å². The summed E-state index contributed by atoms with van der Waals surface area (Å²) in [5, 5.41) is 0. The molecule has 0 aromatic heterocycles. The standard InChI is InChI=1S/C11H14FNO/c1-14-11-4-3-9(7-10(11)12)8-13-5-2-6-13/h3-4,7H,2,5-6,8H2,1H3. The maximum Gasteiger partial charge on any atom is 0.165 e. The molecule has 0 aliphatic carbocycles. The zero-order valence-corrected chi connectivity index (χ0v) is 8.29. The van der Waals surface area contributed by atoms with Crippen molar-refractivity contribution < 1.29 is 9.13 Å². The highest BCUT2D eigenvalue weighted by molar-refractivity contribution is 5.29. The molecule has 76 valence electrons. The van der Waals surface area contributed by atoms with E-state index in [-0.39, 0.29) is 5.82 Å². The summed E-state index contributed by atoms with van der Waals surface area (Å²) < 4.78 is 18.1. The summed E-state index contributed by atoms with van der Waals surface area (Å²) in [6.45, 7) is 3.11. The summed E-state index contributed by atoms with van der Waals surface area (Å²) in [6, 6.07) is 5.15. The van der Waals surface area contributed by atoms with Gasteiger partial charge in [0.05, 0.1) is 7.11 Å². The van der Waals surface area contributed by atoms with Gasteiger partial charge in [0.25, 0.3) is 0 Å². The van der Waals surface area contributed by atoms with E-state index in [2.05, 4.69) is 4.90 Å². The van der Waals surface area contributed by atoms with Gasteiger partial charge in [0.15, 0.2) is 11.6 Å². The Balaban J connectivity index is 2.07. The first kappa shape index (κ1) is 9.46. The predicted octanol–water partition coefficient (Wildman–Crippen LogP) is 2.04. The first-order chi connectivity index (χ1) is 6.79. The summed E-state index contributed by atoms with van der Waals surface area (Å²) >= 11 is 0. The topological polar surface area (TPSA) is 12.5 Å². The van der Waals surface area contributed by atoms with Crippen molar-refractivity contribution in [1.29, 1.82) is 0 Å². The van der Waals surface area contributed by atoms with Crippen LogP contribution in [0.3, 0.4) is 0 Å². The van der Waals surface area contributed by atoms with Crippen LogP contribution in [0.2, 0.25) is 0 Å². The van der Waals surface area contributed by atoms with E-state index < -0.39 is 0 Å². The second-order valence-electron chi connectivity index (χ2n) is 3.60. The fourth-order valence-electron chi connectivity index (χ4n) is 1.61. The van der Waals surface area contributed by atoms with Crippen LogP contribution < -0.4 is 4.74 Å². The van der Waals surface area contributed by atoms with Gasteiger partial charge < -0.3 is 4.74 Å². The molecule has 0 bridgehead atoms. The Labute approximate surface area is 83.3 Å². The molecule has 2 rings (SSSR count). The second kappa shape index (κ2) is 3.96. The lowest BCUT2D eigenvalue weighted by Gasteiger charge is -2.30. The van der Waals surface area contributed by atoms with Crippen molar-refractivity contribution in [2.75, 3.05) is 20.2 Å². The van der Waals surface area contributed by atoms with Crippen LogP contribution in [-0.4, -0.2) is 25.1 Å². The number of hydrogen-bond donors (Lipinski definition) is 0. The van der Waals surface area contributed by atoms with Crippen LogP contribution >= 0.6 is 0 Å². The monoisotopic (exact) mass is 195 g/mol. The van der Waals surface area contributed by atoms with E-state index >= 15 is 0 Å². The zero-order chi connectivity index (χ0) is 9.97. The highest BCUT2D eigenvalue weighted by Gasteiger charge is 2.14. The molecule has 1 aliphatic heterocycles. The van der Waals surface area contributed by atoms with Gasteiger partial charge in [-0.2, -0.15) is 0 Å². The van der Waals surface area contributed by atoms with Gasteiger partial charge in [0.1, 0.15) is 0 Å². The van der Waals surface area contributed by atoms with Crippen molar-refractivity contribution in [2.45, 2.75) is 13.0 Å². The number of hydrogen-bond acceptors (Lipinski definition) is 2. The van der Waals surface area contributed by atoms with Crippen molar-refractivity contribution in [2.24, 2.45) is 0 Å². The molecule has 1 aromatic carbocycles. The maximum absolute atomic E-state index is 13.3. The quantitative estimate of drug-likeness (QED) is 0.731. The molecule has 0 saturated carbocycles. The average Bonchev–Trinajstić information content (AvgIpc) is 2.12. The van der Waals surface area contributed by atoms with E-state index in [0.717, 1.165) is 25.2 Å². The Morgan fingerprint density at radius 1 is 1.43 bits per heavy atom. The third-order valence-electron chi connectivity index (χ3n) is 2.57. The predicted molar refractivity (Wildman–Crippen MR) is 52.8 cm³/mol. The number of rotatable bonds is 3. The van der Waals surface area contributed by atoms with Crippen molar-refractivity contribution in [3.8, 4) is 5.75 Å². The molecule has 14 heavy (non-hydrogen) atoms. The molecule has 1 heterocycles. The van der Waals surface area contributed by atoms with Crippen molar-refractivity contribution >= 4 is 0 Å². The molecule has 0 radical (unpaired) electrons. The Bertz CT molecular complexity index is 323. The van der Waals surface area contributed by atoms with Crippen LogP contribution in [0.1, 0.15) is 12.0 Å². The third-order valence-corrected chi connectivity index (χ3v) is 2.57. The number of likely N-dealkylation sites (tertiary alicyclic amines) is 1. The molecule has 2 nitrogen and oxygen atoms in total. The van der Waals surface area contributed by atoms with Crippen LogP contribution in [0.4, 0.5) is 4.39 Å². The van der Waals surface area contributed by atoms with Crippen LogP contribution in [0.25, 0.3) is 0 Å². The minimum atomic E-state index is -0.273. The SMILES string of the molecule is COc1ccc(CN2CCC2)cc1F. The molecule has 0 spiro atoms. The minimum Gasteiger partial charge on any atom is -0.494 e. The summed E-state index contributed by atoms with van der Waals surface area (Å²) in [6.07, 6.45) is 1.26. The highest BCUT2D eigenvalue weighted by Crippen LogP contribution is 2.19. The van der Waals surface area contributed by atoms with E-state index in [1.165, 1.54) is 13.5 Å². The van der Waals surface area contributed by atoms with Gasteiger partial charge in [-0.05, 0) is 37.2 Å². The van der Waals surface area contributed by atoms with E-state index in [1.54, 1.807) is 12.1 Å². The van der Waals surface area contributed by atoms with E-state index in [9.17, 15) is 4.39 Å². The van der Waals surface area contributed by atoms with Gasteiger partial charge in [0, 0.05) is 6.54 Å². The van der Waals surface area contributed by atoms with Crippen molar-refractivity contribution in [3.05, 3.63) is 29.6 Å². The number of ether oxygens (including phenoxy) is 1. The number of nitrogens with zero attached hydrogens (tertiary/aromatic N) is 1. The summed E-state index contributed by atoms with van der Waals surface area (Å²) in [5.74, 6) is 0.0443. The fraction of sp³-hybridized carbons (Fsp3) is 0.455. The number of methoxy groups -OCH3 is 1. The zero-order valence-electron chi connectivity index (χ0n) is 8.29. The largest absolute Gasteiger partial charge is 0.494 e. The van der Waals surface area contributed by atoms with Gasteiger partial charge in [-0.3, -0.25) is 4.90 Å². The van der Waals surface area contributed by atoms with Crippen molar-refractivity contribution in [1.82, 2.24) is 4.90 Å². The lowest BCUT2D eigenvalue weighted by molar-refractivity contribution is 0.172. The lowest BCUT2D eigenvalue weighted by Crippen LogP contribution is -2.36. The van der Waals surface area contributed by atoms with Crippen molar-refractivity contribution in [3.63, 3.8) is 0 Å². The average molecular weight is 195 g/mol. The van der Waals surface area contributed by atoms with Crippen LogP contribution in [0, 0.1) is 5.82 Å². The van der Waals surface area contributed by atoms with Gasteiger partial charge in [-0.1, -0.05) is 6.07 Å². The van der Waals surface area contributed by atoms with Gasteiger partial charge in [-0.25, -0.2) is 4.39 Å². The molecule has 0 N–H and O–H groups in total. The molecule has 1 fully saturated rings. The Kier molecular flexibility index (Phi) is 2.68. The Morgan fingerprint density at radius 3 is 2.71 bits per heavy atom. The molecule has 1 aliphatic rings. The van der Waals surface area contributed by atoms with E-state index in [4.69, 9.17) is 4.74 Å². The maximum atomic E-state index is 13.3. The summed E-state index contributed by atoms with van der Waals surface area (Å²) in [7, 11) is 1.48. The first-order valence-electron chi connectivity index (χ1n) is 4.84. The number of halogens is 1. The van der Waals surface area contributed by atoms with Crippen LogP contribution in [0.15, 0.2) is 18.2 Å². The Morgan fingerprint density at radius 2 is 2.21 bits per heavy atom. The molecule has 0 unspecified atom stereocenters. The first-order valence-corrected chi connectivity index (χ1v) is 4.84. The minimum absolute atomic E-state index is 0.273. The molecule has 1 aromatic rings. The van der Waals surface area contributed by atoms with E-state index in [1.807, 2.05) is 6.07 Å². The summed E-state index contributed by atoms with van der Waals surface area (Å²) in [4.78, 5) is 2.29. The molecular weight excluding hydrogens is 181 g/mol. The highest BCUT2D eigenvalue weighted by atomic mass is 19.1. The smallest absolute Gasteiger partial charge is 0.165 e. The molecule has 1 saturated heterocycles. The summed E-state index contributed by atoms with van der Waals surface area (Å²) in [5.41, 5.74) is 1.02. The third kappa shape index (κ3) is 1.87. The normalized spacial score (nSPS) is 16.4. The second-order valence-corrected chi connectivity index (χ2v) is 3.60. The molecular formula is C11H14FNO. The molecule has 0 atom stereocenters. The van der Waals surface area contributed by atoms with Gasteiger partial charge in [-0.15, -0.1) is 0 Å². The van der Waals surface area contributed by atoms with Crippen LogP contribution in [-0.2, 0) is 6.54 Å². The number of benzene rings is 1. The molecule has 3 heteroatoms. The fourth-order valence-corrected chi connectivity index (χ4v) is 1.61. The lowest BCUT2D eigenvalue weighted by atomic mass is 10.1. The van der Waals surface area contributed by atoms with E-state index in [0.29, 0.717) is 5.75 Å². The molecule has 0 amide bonds. The Hall–Kier alpha value is -1.09. The van der Waals surface area contributed by atoms with Gasteiger partial charge in [0.2, 0.25) is 0 Å². The van der Waals surface area contributed by atoms with Crippen LogP contribution in [0.5, 0.6) is 5.75 Å².